The molecule has 0 atom stereocenters. The van der Waals surface area contributed by atoms with Crippen LogP contribution in [-0.4, -0.2) is 28.8 Å². The first kappa shape index (κ1) is 20.8. The summed E-state index contributed by atoms with van der Waals surface area (Å²) in [5.41, 5.74) is 3.54. The molecular formula is C22H21Cl2FN4O. The topological polar surface area (TPSA) is 59.0 Å². The maximum atomic E-state index is 13.4. The van der Waals surface area contributed by atoms with Crippen molar-refractivity contribution in [1.29, 1.82) is 0 Å². The fraction of sp³-hybridized carbons (Fsp3) is 0.273. The van der Waals surface area contributed by atoms with E-state index in [1.807, 2.05) is 25.1 Å². The molecule has 1 aromatic heterocycles. The first-order valence-electron chi connectivity index (χ1n) is 9.75. The standard InChI is InChI=1S/C22H21Cl2FN4O/c1-13-2-4-16(11-18(13)23)29-21(14-6-8-26-9-7-14)17(12-27-29)22(30)28-15-3-5-20(25)19(24)10-15/h2-5,10-12,14,26H,6-9H2,1H3,(H,28,30). The van der Waals surface area contributed by atoms with E-state index in [0.717, 1.165) is 42.9 Å². The van der Waals surface area contributed by atoms with Gasteiger partial charge in [0, 0.05) is 16.6 Å². The molecule has 0 unspecified atom stereocenters. The summed E-state index contributed by atoms with van der Waals surface area (Å²) in [4.78, 5) is 13.1. The van der Waals surface area contributed by atoms with E-state index >= 15 is 0 Å². The van der Waals surface area contributed by atoms with Crippen LogP contribution in [0.5, 0.6) is 0 Å². The number of nitrogens with zero attached hydrogens (tertiary/aromatic N) is 2. The third kappa shape index (κ3) is 4.21. The molecule has 0 radical (unpaired) electrons. The van der Waals surface area contributed by atoms with Crippen LogP contribution < -0.4 is 10.6 Å². The summed E-state index contributed by atoms with van der Waals surface area (Å²) < 4.78 is 15.2. The molecule has 1 amide bonds. The number of carbonyl (C=O) groups is 1. The van der Waals surface area contributed by atoms with Gasteiger partial charge in [-0.1, -0.05) is 29.3 Å². The summed E-state index contributed by atoms with van der Waals surface area (Å²) in [6, 6.07) is 9.84. The highest BCUT2D eigenvalue weighted by atomic mass is 35.5. The number of aryl methyl sites for hydroxylation is 1. The van der Waals surface area contributed by atoms with Gasteiger partial charge < -0.3 is 10.6 Å². The number of piperidine rings is 1. The van der Waals surface area contributed by atoms with Gasteiger partial charge in [0.1, 0.15) is 5.82 Å². The summed E-state index contributed by atoms with van der Waals surface area (Å²) in [5, 5.41) is 11.3. The van der Waals surface area contributed by atoms with E-state index in [9.17, 15) is 9.18 Å². The molecule has 156 valence electrons. The summed E-state index contributed by atoms with van der Waals surface area (Å²) in [6.07, 6.45) is 3.37. The molecule has 0 saturated carbocycles. The summed E-state index contributed by atoms with van der Waals surface area (Å²) in [6.45, 7) is 3.69. The Hall–Kier alpha value is -2.41. The molecule has 2 heterocycles. The van der Waals surface area contributed by atoms with Gasteiger partial charge in [0.25, 0.3) is 5.91 Å². The summed E-state index contributed by atoms with van der Waals surface area (Å²) >= 11 is 12.2. The van der Waals surface area contributed by atoms with Crippen LogP contribution >= 0.6 is 23.2 Å². The predicted octanol–water partition coefficient (Wildman–Crippen LogP) is 5.35. The average Bonchev–Trinajstić information content (AvgIpc) is 3.19. The molecule has 30 heavy (non-hydrogen) atoms. The van der Waals surface area contributed by atoms with Crippen LogP contribution in [0.2, 0.25) is 10.0 Å². The molecule has 1 fully saturated rings. The van der Waals surface area contributed by atoms with E-state index in [2.05, 4.69) is 15.7 Å². The van der Waals surface area contributed by atoms with Crippen molar-refractivity contribution in [3.8, 4) is 5.69 Å². The van der Waals surface area contributed by atoms with Crippen molar-refractivity contribution in [3.05, 3.63) is 75.3 Å². The third-order valence-electron chi connectivity index (χ3n) is 5.35. The van der Waals surface area contributed by atoms with Gasteiger partial charge in [0.15, 0.2) is 0 Å². The van der Waals surface area contributed by atoms with Crippen LogP contribution in [0.1, 0.15) is 40.4 Å². The third-order valence-corrected chi connectivity index (χ3v) is 6.05. The van der Waals surface area contributed by atoms with Gasteiger partial charge in [-0.25, -0.2) is 9.07 Å². The molecule has 1 saturated heterocycles. The molecule has 5 nitrogen and oxygen atoms in total. The van der Waals surface area contributed by atoms with E-state index in [1.54, 1.807) is 10.9 Å². The van der Waals surface area contributed by atoms with Crippen molar-refractivity contribution in [1.82, 2.24) is 15.1 Å². The van der Waals surface area contributed by atoms with Gasteiger partial charge in [0.05, 0.1) is 28.2 Å². The Labute approximate surface area is 184 Å². The van der Waals surface area contributed by atoms with Crippen LogP contribution in [0, 0.1) is 12.7 Å². The molecule has 3 aromatic rings. The molecule has 2 N–H and O–H groups in total. The second-order valence-electron chi connectivity index (χ2n) is 7.40. The second-order valence-corrected chi connectivity index (χ2v) is 8.21. The van der Waals surface area contributed by atoms with Gasteiger partial charge in [-0.15, -0.1) is 0 Å². The smallest absolute Gasteiger partial charge is 0.259 e. The average molecular weight is 447 g/mol. The van der Waals surface area contributed by atoms with Crippen molar-refractivity contribution in [2.24, 2.45) is 0 Å². The number of amides is 1. The van der Waals surface area contributed by atoms with E-state index in [-0.39, 0.29) is 16.8 Å². The zero-order valence-electron chi connectivity index (χ0n) is 16.4. The van der Waals surface area contributed by atoms with Crippen LogP contribution in [0.15, 0.2) is 42.6 Å². The summed E-state index contributed by atoms with van der Waals surface area (Å²) in [5.74, 6) is -0.670. The Morgan fingerprint density at radius 3 is 2.63 bits per heavy atom. The second kappa shape index (κ2) is 8.76. The van der Waals surface area contributed by atoms with E-state index < -0.39 is 5.82 Å². The zero-order valence-corrected chi connectivity index (χ0v) is 17.9. The first-order valence-corrected chi connectivity index (χ1v) is 10.5. The number of carbonyl (C=O) groups excluding carboxylic acids is 1. The lowest BCUT2D eigenvalue weighted by Crippen LogP contribution is -2.29. The molecule has 0 aliphatic carbocycles. The molecule has 0 spiro atoms. The van der Waals surface area contributed by atoms with E-state index in [4.69, 9.17) is 23.2 Å². The lowest BCUT2D eigenvalue weighted by molar-refractivity contribution is 0.102. The lowest BCUT2D eigenvalue weighted by Gasteiger charge is -2.25. The predicted molar refractivity (Wildman–Crippen MR) is 118 cm³/mol. The van der Waals surface area contributed by atoms with Crippen LogP contribution in [0.25, 0.3) is 5.69 Å². The molecule has 1 aliphatic heterocycles. The fourth-order valence-corrected chi connectivity index (χ4v) is 4.07. The maximum absolute atomic E-state index is 13.4. The first-order chi connectivity index (χ1) is 14.4. The number of rotatable bonds is 4. The van der Waals surface area contributed by atoms with Crippen molar-refractivity contribution in [2.75, 3.05) is 18.4 Å². The number of hydrogen-bond acceptors (Lipinski definition) is 3. The SMILES string of the molecule is Cc1ccc(-n2ncc(C(=O)Nc3ccc(F)c(Cl)c3)c2C2CCNCC2)cc1Cl. The summed E-state index contributed by atoms with van der Waals surface area (Å²) in [7, 11) is 0. The normalized spacial score (nSPS) is 14.7. The molecule has 1 aliphatic rings. The monoisotopic (exact) mass is 446 g/mol. The number of benzene rings is 2. The highest BCUT2D eigenvalue weighted by molar-refractivity contribution is 6.31. The van der Waals surface area contributed by atoms with E-state index in [0.29, 0.717) is 16.3 Å². The van der Waals surface area contributed by atoms with Crippen molar-refractivity contribution < 1.29 is 9.18 Å². The number of halogens is 3. The van der Waals surface area contributed by atoms with Crippen LogP contribution in [0.4, 0.5) is 10.1 Å². The number of aromatic nitrogens is 2. The Morgan fingerprint density at radius 2 is 1.93 bits per heavy atom. The highest BCUT2D eigenvalue weighted by Crippen LogP contribution is 2.32. The van der Waals surface area contributed by atoms with Crippen molar-refractivity contribution >= 4 is 34.8 Å². The fourth-order valence-electron chi connectivity index (χ4n) is 3.71. The minimum Gasteiger partial charge on any atom is -0.322 e. The quantitative estimate of drug-likeness (QED) is 0.567. The minimum absolute atomic E-state index is 0.0450. The Balaban J connectivity index is 1.73. The maximum Gasteiger partial charge on any atom is 0.259 e. The molecular weight excluding hydrogens is 426 g/mol. The minimum atomic E-state index is -0.533. The van der Waals surface area contributed by atoms with Crippen molar-refractivity contribution in [3.63, 3.8) is 0 Å². The van der Waals surface area contributed by atoms with Crippen LogP contribution in [-0.2, 0) is 0 Å². The Bertz CT molecular complexity index is 1090. The number of anilines is 1. The van der Waals surface area contributed by atoms with Gasteiger partial charge in [-0.3, -0.25) is 4.79 Å². The van der Waals surface area contributed by atoms with Gasteiger partial charge >= 0.3 is 0 Å². The van der Waals surface area contributed by atoms with Gasteiger partial charge in [0.2, 0.25) is 0 Å². The Morgan fingerprint density at radius 1 is 1.17 bits per heavy atom. The number of hydrogen-bond donors (Lipinski definition) is 2. The number of nitrogens with one attached hydrogen (secondary N) is 2. The Kier molecular flexibility index (Phi) is 6.09. The van der Waals surface area contributed by atoms with Crippen LogP contribution in [0.3, 0.4) is 0 Å². The zero-order chi connectivity index (χ0) is 21.3. The van der Waals surface area contributed by atoms with Crippen molar-refractivity contribution in [2.45, 2.75) is 25.7 Å². The van der Waals surface area contributed by atoms with Gasteiger partial charge in [-0.2, -0.15) is 5.10 Å². The lowest BCUT2D eigenvalue weighted by atomic mass is 9.91. The molecule has 8 heteroatoms. The largest absolute Gasteiger partial charge is 0.322 e. The molecule has 0 bridgehead atoms. The highest BCUT2D eigenvalue weighted by Gasteiger charge is 2.27. The molecule has 4 rings (SSSR count). The molecule has 2 aromatic carbocycles. The van der Waals surface area contributed by atoms with E-state index in [1.165, 1.54) is 18.2 Å². The van der Waals surface area contributed by atoms with Gasteiger partial charge in [-0.05, 0) is 68.8 Å².